The van der Waals surface area contributed by atoms with E-state index in [0.29, 0.717) is 5.02 Å². The zero-order chi connectivity index (χ0) is 14.5. The third-order valence-electron chi connectivity index (χ3n) is 3.13. The lowest BCUT2D eigenvalue weighted by molar-refractivity contribution is 0.520. The molecule has 2 rings (SSSR count). The number of nitrogens with zero attached hydrogens (tertiary/aromatic N) is 2. The molecule has 20 heavy (non-hydrogen) atoms. The number of hydrogen-bond donors (Lipinski definition) is 1. The molecule has 3 nitrogen and oxygen atoms in total. The summed E-state index contributed by atoms with van der Waals surface area (Å²) in [6, 6.07) is 7.85. The van der Waals surface area contributed by atoms with Crippen LogP contribution in [0.15, 0.2) is 30.5 Å². The standard InChI is InChI=1S/C15H19Cl2N3/c1-3-8-20-15(13(17)10-19-20)14(18-4-2)11-6-5-7-12(16)9-11/h5-7,9-10,14,18H,3-4,8H2,1-2H3. The summed E-state index contributed by atoms with van der Waals surface area (Å²) in [5, 5.41) is 9.24. The zero-order valence-electron chi connectivity index (χ0n) is 11.7. The van der Waals surface area contributed by atoms with Gasteiger partial charge in [-0.15, -0.1) is 0 Å². The van der Waals surface area contributed by atoms with Gasteiger partial charge in [0.15, 0.2) is 0 Å². The molecule has 2 aromatic rings. The molecular weight excluding hydrogens is 293 g/mol. The Kier molecular flexibility index (Phi) is 5.46. The Bertz CT molecular complexity index is 566. The highest BCUT2D eigenvalue weighted by Crippen LogP contribution is 2.29. The van der Waals surface area contributed by atoms with Crippen molar-refractivity contribution in [1.29, 1.82) is 0 Å². The van der Waals surface area contributed by atoms with Gasteiger partial charge in [0.2, 0.25) is 0 Å². The zero-order valence-corrected chi connectivity index (χ0v) is 13.2. The lowest BCUT2D eigenvalue weighted by atomic mass is 10.0. The molecule has 108 valence electrons. The average molecular weight is 312 g/mol. The number of hydrogen-bond acceptors (Lipinski definition) is 2. The van der Waals surface area contributed by atoms with E-state index in [0.717, 1.165) is 35.8 Å². The van der Waals surface area contributed by atoms with E-state index >= 15 is 0 Å². The van der Waals surface area contributed by atoms with E-state index in [-0.39, 0.29) is 6.04 Å². The van der Waals surface area contributed by atoms with Crippen molar-refractivity contribution in [2.75, 3.05) is 6.54 Å². The molecule has 1 unspecified atom stereocenters. The molecule has 0 amide bonds. The summed E-state index contributed by atoms with van der Waals surface area (Å²) in [7, 11) is 0. The molecule has 0 bridgehead atoms. The lowest BCUT2D eigenvalue weighted by Crippen LogP contribution is -2.25. The Hall–Kier alpha value is -1.03. The van der Waals surface area contributed by atoms with Gasteiger partial charge in [0.25, 0.3) is 0 Å². The van der Waals surface area contributed by atoms with E-state index in [2.05, 4.69) is 30.3 Å². The van der Waals surface area contributed by atoms with Gasteiger partial charge in [0.1, 0.15) is 0 Å². The van der Waals surface area contributed by atoms with E-state index < -0.39 is 0 Å². The van der Waals surface area contributed by atoms with Crippen molar-refractivity contribution in [2.45, 2.75) is 32.9 Å². The molecule has 5 heteroatoms. The monoisotopic (exact) mass is 311 g/mol. The molecule has 0 spiro atoms. The maximum atomic E-state index is 6.34. The Labute approximate surface area is 129 Å². The van der Waals surface area contributed by atoms with Crippen molar-refractivity contribution >= 4 is 23.2 Å². The van der Waals surface area contributed by atoms with Gasteiger partial charge in [-0.05, 0) is 30.7 Å². The molecule has 0 fully saturated rings. The molecule has 1 atom stereocenters. The van der Waals surface area contributed by atoms with Gasteiger partial charge in [0, 0.05) is 11.6 Å². The topological polar surface area (TPSA) is 29.9 Å². The minimum atomic E-state index is 0.000231. The summed E-state index contributed by atoms with van der Waals surface area (Å²) in [5.74, 6) is 0. The molecule has 0 aliphatic carbocycles. The summed E-state index contributed by atoms with van der Waals surface area (Å²) in [6.07, 6.45) is 2.72. The first-order valence-corrected chi connectivity index (χ1v) is 7.63. The highest BCUT2D eigenvalue weighted by molar-refractivity contribution is 6.31. The van der Waals surface area contributed by atoms with Crippen LogP contribution >= 0.6 is 23.2 Å². The first kappa shape index (κ1) is 15.4. The van der Waals surface area contributed by atoms with E-state index in [4.69, 9.17) is 23.2 Å². The van der Waals surface area contributed by atoms with Crippen molar-refractivity contribution in [3.8, 4) is 0 Å². The summed E-state index contributed by atoms with van der Waals surface area (Å²) < 4.78 is 1.97. The third-order valence-corrected chi connectivity index (χ3v) is 3.66. The number of aryl methyl sites for hydroxylation is 1. The Morgan fingerprint density at radius 2 is 2.10 bits per heavy atom. The van der Waals surface area contributed by atoms with Crippen LogP contribution in [0.4, 0.5) is 0 Å². The second kappa shape index (κ2) is 7.11. The smallest absolute Gasteiger partial charge is 0.0837 e. The number of aromatic nitrogens is 2. The predicted octanol–water partition coefficient (Wildman–Crippen LogP) is 4.30. The normalized spacial score (nSPS) is 12.6. The maximum Gasteiger partial charge on any atom is 0.0837 e. The first-order valence-electron chi connectivity index (χ1n) is 6.87. The van der Waals surface area contributed by atoms with E-state index in [1.54, 1.807) is 6.20 Å². The third kappa shape index (κ3) is 3.35. The molecule has 0 radical (unpaired) electrons. The Balaban J connectivity index is 2.45. The van der Waals surface area contributed by atoms with Crippen molar-refractivity contribution in [3.05, 3.63) is 51.8 Å². The van der Waals surface area contributed by atoms with Gasteiger partial charge < -0.3 is 5.32 Å². The van der Waals surface area contributed by atoms with Crippen molar-refractivity contribution in [1.82, 2.24) is 15.1 Å². The van der Waals surface area contributed by atoms with Crippen LogP contribution in [-0.2, 0) is 6.54 Å². The fourth-order valence-corrected chi connectivity index (χ4v) is 2.76. The van der Waals surface area contributed by atoms with Crippen LogP contribution in [0.25, 0.3) is 0 Å². The van der Waals surface area contributed by atoms with E-state index in [1.807, 2.05) is 22.9 Å². The minimum Gasteiger partial charge on any atom is -0.305 e. The average Bonchev–Trinajstić information content (AvgIpc) is 2.78. The number of benzene rings is 1. The molecule has 1 aromatic heterocycles. The number of nitrogens with one attached hydrogen (secondary N) is 1. The molecule has 0 aliphatic rings. The van der Waals surface area contributed by atoms with Crippen LogP contribution in [0.5, 0.6) is 0 Å². The van der Waals surface area contributed by atoms with Crippen molar-refractivity contribution < 1.29 is 0 Å². The number of halogens is 2. The summed E-state index contributed by atoms with van der Waals surface area (Å²) >= 11 is 12.5. The summed E-state index contributed by atoms with van der Waals surface area (Å²) in [5.41, 5.74) is 2.09. The molecule has 0 aliphatic heterocycles. The number of rotatable bonds is 6. The predicted molar refractivity (Wildman–Crippen MR) is 84.5 cm³/mol. The Morgan fingerprint density at radius 3 is 2.75 bits per heavy atom. The second-order valence-electron chi connectivity index (χ2n) is 4.65. The van der Waals surface area contributed by atoms with Gasteiger partial charge in [-0.2, -0.15) is 5.10 Å². The van der Waals surface area contributed by atoms with Crippen LogP contribution in [0, 0.1) is 0 Å². The molecule has 1 heterocycles. The summed E-state index contributed by atoms with van der Waals surface area (Å²) in [4.78, 5) is 0. The van der Waals surface area contributed by atoms with Gasteiger partial charge in [-0.3, -0.25) is 4.68 Å². The molecule has 0 saturated heterocycles. The largest absolute Gasteiger partial charge is 0.305 e. The summed E-state index contributed by atoms with van der Waals surface area (Å²) in [6.45, 7) is 5.89. The Morgan fingerprint density at radius 1 is 1.30 bits per heavy atom. The molecular formula is C15H19Cl2N3. The van der Waals surface area contributed by atoms with E-state index in [9.17, 15) is 0 Å². The highest BCUT2D eigenvalue weighted by Gasteiger charge is 2.21. The molecule has 0 saturated carbocycles. The van der Waals surface area contributed by atoms with Gasteiger partial charge in [-0.1, -0.05) is 49.2 Å². The van der Waals surface area contributed by atoms with Crippen LogP contribution in [0.3, 0.4) is 0 Å². The van der Waals surface area contributed by atoms with E-state index in [1.165, 1.54) is 0 Å². The van der Waals surface area contributed by atoms with Gasteiger partial charge in [-0.25, -0.2) is 0 Å². The lowest BCUT2D eigenvalue weighted by Gasteiger charge is -2.20. The highest BCUT2D eigenvalue weighted by atomic mass is 35.5. The molecule has 1 N–H and O–H groups in total. The fraction of sp³-hybridized carbons (Fsp3) is 0.400. The first-order chi connectivity index (χ1) is 9.67. The van der Waals surface area contributed by atoms with Crippen molar-refractivity contribution in [2.24, 2.45) is 0 Å². The van der Waals surface area contributed by atoms with Crippen LogP contribution < -0.4 is 5.32 Å². The second-order valence-corrected chi connectivity index (χ2v) is 5.49. The maximum absolute atomic E-state index is 6.34. The van der Waals surface area contributed by atoms with Crippen LogP contribution in [-0.4, -0.2) is 16.3 Å². The minimum absolute atomic E-state index is 0.000231. The van der Waals surface area contributed by atoms with Crippen LogP contribution in [0.2, 0.25) is 10.0 Å². The van der Waals surface area contributed by atoms with Crippen molar-refractivity contribution in [3.63, 3.8) is 0 Å². The SMILES string of the molecule is CCCn1ncc(Cl)c1C(NCC)c1cccc(Cl)c1. The quantitative estimate of drug-likeness (QED) is 0.862. The fourth-order valence-electron chi connectivity index (χ4n) is 2.31. The van der Waals surface area contributed by atoms with Crippen LogP contribution in [0.1, 0.15) is 37.6 Å². The van der Waals surface area contributed by atoms with Gasteiger partial charge >= 0.3 is 0 Å². The molecule has 1 aromatic carbocycles. The van der Waals surface area contributed by atoms with Gasteiger partial charge in [0.05, 0.1) is 23.0 Å².